The molecule has 2 heterocycles. The van der Waals surface area contributed by atoms with Gasteiger partial charge in [0.1, 0.15) is 5.69 Å². The number of pyridine rings is 1. The van der Waals surface area contributed by atoms with Crippen LogP contribution in [0, 0.1) is 0 Å². The van der Waals surface area contributed by atoms with E-state index in [1.165, 1.54) is 17.7 Å². The summed E-state index contributed by atoms with van der Waals surface area (Å²) in [6.45, 7) is 5.61. The van der Waals surface area contributed by atoms with E-state index in [-0.39, 0.29) is 5.91 Å². The quantitative estimate of drug-likeness (QED) is 0.946. The Morgan fingerprint density at radius 2 is 2.00 bits per heavy atom. The molecule has 1 aliphatic heterocycles. The van der Waals surface area contributed by atoms with E-state index < -0.39 is 0 Å². The zero-order valence-electron chi connectivity index (χ0n) is 14.0. The van der Waals surface area contributed by atoms with Gasteiger partial charge in [0.15, 0.2) is 0 Å². The molecule has 4 heteroatoms. The average molecular weight is 309 g/mol. The van der Waals surface area contributed by atoms with Crippen molar-refractivity contribution in [3.8, 4) is 11.1 Å². The van der Waals surface area contributed by atoms with Crippen molar-refractivity contribution in [2.45, 2.75) is 32.7 Å². The predicted octanol–water partition coefficient (Wildman–Crippen LogP) is 3.27. The van der Waals surface area contributed by atoms with Crippen LogP contribution in [0.25, 0.3) is 11.1 Å². The van der Waals surface area contributed by atoms with Gasteiger partial charge in [0, 0.05) is 37.1 Å². The minimum atomic E-state index is -0.158. The van der Waals surface area contributed by atoms with Crippen LogP contribution in [0.3, 0.4) is 0 Å². The van der Waals surface area contributed by atoms with Crippen LogP contribution >= 0.6 is 0 Å². The average Bonchev–Trinajstić information content (AvgIpc) is 2.60. The molecule has 2 aromatic rings. The van der Waals surface area contributed by atoms with Crippen LogP contribution in [0.1, 0.15) is 36.3 Å². The van der Waals surface area contributed by atoms with Gasteiger partial charge in [0.2, 0.25) is 0 Å². The molecule has 0 unspecified atom stereocenters. The molecule has 0 saturated carbocycles. The van der Waals surface area contributed by atoms with Gasteiger partial charge in [-0.25, -0.2) is 0 Å². The second kappa shape index (κ2) is 6.41. The smallest absolute Gasteiger partial charge is 0.269 e. The van der Waals surface area contributed by atoms with Crippen molar-refractivity contribution in [1.29, 1.82) is 0 Å². The van der Waals surface area contributed by atoms with Crippen molar-refractivity contribution in [1.82, 2.24) is 10.3 Å². The van der Waals surface area contributed by atoms with Gasteiger partial charge in [-0.15, -0.1) is 0 Å². The second-order valence-corrected chi connectivity index (χ2v) is 6.25. The fourth-order valence-corrected chi connectivity index (χ4v) is 3.17. The van der Waals surface area contributed by atoms with E-state index in [1.54, 1.807) is 19.3 Å². The number of fused-ring (bicyclic) bond motifs is 1. The van der Waals surface area contributed by atoms with Gasteiger partial charge in [-0.1, -0.05) is 12.1 Å². The molecule has 0 radical (unpaired) electrons. The number of hydrogen-bond acceptors (Lipinski definition) is 3. The van der Waals surface area contributed by atoms with Crippen LogP contribution in [0.15, 0.2) is 36.5 Å². The summed E-state index contributed by atoms with van der Waals surface area (Å²) in [5, 5.41) is 2.59. The molecule has 3 rings (SSSR count). The molecular weight excluding hydrogens is 286 g/mol. The zero-order chi connectivity index (χ0) is 16.4. The summed E-state index contributed by atoms with van der Waals surface area (Å²) in [6, 6.07) is 10.9. The van der Waals surface area contributed by atoms with Crippen LogP contribution in [0.2, 0.25) is 0 Å². The van der Waals surface area contributed by atoms with Crippen molar-refractivity contribution in [2.24, 2.45) is 0 Å². The van der Waals surface area contributed by atoms with Gasteiger partial charge in [-0.3, -0.25) is 9.78 Å². The monoisotopic (exact) mass is 309 g/mol. The van der Waals surface area contributed by atoms with Gasteiger partial charge in [-0.05, 0) is 56.0 Å². The van der Waals surface area contributed by atoms with E-state index in [4.69, 9.17) is 0 Å². The molecule has 0 fully saturated rings. The van der Waals surface area contributed by atoms with Crippen molar-refractivity contribution >= 4 is 11.6 Å². The normalized spacial score (nSPS) is 13.8. The van der Waals surface area contributed by atoms with E-state index >= 15 is 0 Å². The van der Waals surface area contributed by atoms with E-state index in [1.807, 2.05) is 6.07 Å². The van der Waals surface area contributed by atoms with Gasteiger partial charge in [0.05, 0.1) is 0 Å². The lowest BCUT2D eigenvalue weighted by molar-refractivity contribution is 0.0958. The van der Waals surface area contributed by atoms with E-state index in [0.29, 0.717) is 11.7 Å². The largest absolute Gasteiger partial charge is 0.369 e. The molecule has 0 saturated heterocycles. The predicted molar refractivity (Wildman–Crippen MR) is 93.9 cm³/mol. The first-order valence-corrected chi connectivity index (χ1v) is 8.18. The van der Waals surface area contributed by atoms with Crippen LogP contribution in [0.5, 0.6) is 0 Å². The molecule has 1 aliphatic rings. The number of rotatable bonds is 3. The molecule has 120 valence electrons. The molecule has 0 bridgehead atoms. The first-order valence-electron chi connectivity index (χ1n) is 8.18. The van der Waals surface area contributed by atoms with Gasteiger partial charge in [-0.2, -0.15) is 0 Å². The molecule has 0 aliphatic carbocycles. The highest BCUT2D eigenvalue weighted by Gasteiger charge is 2.19. The fourth-order valence-electron chi connectivity index (χ4n) is 3.17. The minimum Gasteiger partial charge on any atom is -0.369 e. The summed E-state index contributed by atoms with van der Waals surface area (Å²) in [6.07, 6.45) is 4.09. The molecular formula is C19H23N3O. The van der Waals surface area contributed by atoms with Crippen LogP contribution in [-0.2, 0) is 6.42 Å². The number of nitrogens with one attached hydrogen (secondary N) is 1. The SMILES string of the molecule is CNC(=O)c1ccc(-c2ccc3c(c2)CCCN3C(C)C)cn1. The van der Waals surface area contributed by atoms with Crippen molar-refractivity contribution in [3.63, 3.8) is 0 Å². The third kappa shape index (κ3) is 3.07. The number of aromatic nitrogens is 1. The zero-order valence-corrected chi connectivity index (χ0v) is 14.0. The third-order valence-corrected chi connectivity index (χ3v) is 4.41. The molecule has 1 N–H and O–H groups in total. The summed E-state index contributed by atoms with van der Waals surface area (Å²) in [5.41, 5.74) is 5.40. The summed E-state index contributed by atoms with van der Waals surface area (Å²) in [7, 11) is 1.61. The Labute approximate surface area is 137 Å². The van der Waals surface area contributed by atoms with E-state index in [9.17, 15) is 4.79 Å². The number of carbonyl (C=O) groups excluding carboxylic acids is 1. The highest BCUT2D eigenvalue weighted by molar-refractivity contribution is 5.92. The first kappa shape index (κ1) is 15.5. The van der Waals surface area contributed by atoms with Gasteiger partial charge >= 0.3 is 0 Å². The lowest BCUT2D eigenvalue weighted by Gasteiger charge is -2.35. The van der Waals surface area contributed by atoms with Crippen LogP contribution < -0.4 is 10.2 Å². The summed E-state index contributed by atoms with van der Waals surface area (Å²) >= 11 is 0. The highest BCUT2D eigenvalue weighted by atomic mass is 16.1. The molecule has 0 atom stereocenters. The maximum Gasteiger partial charge on any atom is 0.269 e. The summed E-state index contributed by atoms with van der Waals surface area (Å²) in [5.74, 6) is -0.158. The Kier molecular flexibility index (Phi) is 4.33. The summed E-state index contributed by atoms with van der Waals surface area (Å²) in [4.78, 5) is 18.3. The second-order valence-electron chi connectivity index (χ2n) is 6.25. The Morgan fingerprint density at radius 3 is 2.65 bits per heavy atom. The number of carbonyl (C=O) groups is 1. The fraction of sp³-hybridized carbons (Fsp3) is 0.368. The van der Waals surface area contributed by atoms with Crippen LogP contribution in [-0.4, -0.2) is 30.5 Å². The molecule has 1 aromatic heterocycles. The van der Waals surface area contributed by atoms with Crippen LogP contribution in [0.4, 0.5) is 5.69 Å². The van der Waals surface area contributed by atoms with E-state index in [0.717, 1.165) is 24.1 Å². The lowest BCUT2D eigenvalue weighted by atomic mass is 9.96. The molecule has 4 nitrogen and oxygen atoms in total. The number of benzene rings is 1. The number of nitrogens with zero attached hydrogens (tertiary/aromatic N) is 2. The number of aryl methyl sites for hydroxylation is 1. The van der Waals surface area contributed by atoms with Gasteiger partial charge in [0.25, 0.3) is 5.91 Å². The third-order valence-electron chi connectivity index (χ3n) is 4.41. The number of hydrogen-bond donors (Lipinski definition) is 1. The summed E-state index contributed by atoms with van der Waals surface area (Å²) < 4.78 is 0. The Bertz CT molecular complexity index is 707. The number of anilines is 1. The van der Waals surface area contributed by atoms with Crippen molar-refractivity contribution in [3.05, 3.63) is 47.8 Å². The Morgan fingerprint density at radius 1 is 1.22 bits per heavy atom. The van der Waals surface area contributed by atoms with Crippen molar-refractivity contribution < 1.29 is 4.79 Å². The minimum absolute atomic E-state index is 0.158. The molecule has 23 heavy (non-hydrogen) atoms. The topological polar surface area (TPSA) is 45.2 Å². The Balaban J connectivity index is 1.91. The maximum atomic E-state index is 11.6. The van der Waals surface area contributed by atoms with Gasteiger partial charge < -0.3 is 10.2 Å². The molecule has 1 amide bonds. The first-order chi connectivity index (χ1) is 11.1. The number of amides is 1. The molecule has 1 aromatic carbocycles. The van der Waals surface area contributed by atoms with Crippen molar-refractivity contribution in [2.75, 3.05) is 18.5 Å². The lowest BCUT2D eigenvalue weighted by Crippen LogP contribution is -2.35. The highest BCUT2D eigenvalue weighted by Crippen LogP contribution is 2.32. The Hall–Kier alpha value is -2.36. The maximum absolute atomic E-state index is 11.6. The molecule has 0 spiro atoms. The standard InChI is InChI=1S/C19H23N3O/c1-13(2)22-10-4-5-15-11-14(7-9-18(15)22)16-6-8-17(21-12-16)19(23)20-3/h6-9,11-13H,4-5,10H2,1-3H3,(H,20,23). The van der Waals surface area contributed by atoms with E-state index in [2.05, 4.69) is 47.2 Å².